The Morgan fingerprint density at radius 2 is 1.89 bits per heavy atom. The number of hydrogen-bond acceptors (Lipinski definition) is 10. The van der Waals surface area contributed by atoms with E-state index in [9.17, 15) is 8.42 Å². The summed E-state index contributed by atoms with van der Waals surface area (Å²) in [6.45, 7) is 5.83. The lowest BCUT2D eigenvalue weighted by Gasteiger charge is -2.34. The number of hydrogen-bond donors (Lipinski definition) is 1. The number of anilines is 2. The van der Waals surface area contributed by atoms with Crippen molar-refractivity contribution < 1.29 is 13.2 Å². The second-order valence-electron chi connectivity index (χ2n) is 9.14. The summed E-state index contributed by atoms with van der Waals surface area (Å²) in [4.78, 5) is 21.1. The topological polar surface area (TPSA) is 129 Å². The molecule has 0 spiro atoms. The maximum absolute atomic E-state index is 12.0. The predicted molar refractivity (Wildman–Crippen MR) is 145 cm³/mol. The normalized spacial score (nSPS) is 16.6. The molecular formula is C25H25N7O3S2. The van der Waals surface area contributed by atoms with Crippen LogP contribution in [-0.4, -0.2) is 65.0 Å². The van der Waals surface area contributed by atoms with Crippen LogP contribution in [0.15, 0.2) is 46.8 Å². The van der Waals surface area contributed by atoms with E-state index in [2.05, 4.69) is 21.8 Å². The fourth-order valence-electron chi connectivity index (χ4n) is 4.70. The van der Waals surface area contributed by atoms with E-state index < -0.39 is 9.84 Å². The lowest BCUT2D eigenvalue weighted by atomic mass is 10.1. The van der Waals surface area contributed by atoms with Crippen LogP contribution < -0.4 is 10.6 Å². The zero-order chi connectivity index (χ0) is 25.9. The number of benzene rings is 1. The summed E-state index contributed by atoms with van der Waals surface area (Å²) in [5.74, 6) is 1.53. The fraction of sp³-hybridized carbons (Fsp3) is 0.280. The van der Waals surface area contributed by atoms with Gasteiger partial charge in [0.25, 0.3) is 0 Å². The Balaban J connectivity index is 1.62. The van der Waals surface area contributed by atoms with Crippen LogP contribution in [0.1, 0.15) is 12.6 Å². The third-order valence-electron chi connectivity index (χ3n) is 6.54. The average molecular weight is 536 g/mol. The Hall–Kier alpha value is -3.61. The molecule has 1 atom stereocenters. The molecule has 37 heavy (non-hydrogen) atoms. The smallest absolute Gasteiger partial charge is 0.239 e. The first-order chi connectivity index (χ1) is 17.7. The minimum absolute atomic E-state index is 0.0455. The maximum atomic E-state index is 12.0. The highest BCUT2D eigenvalue weighted by atomic mass is 32.2. The summed E-state index contributed by atoms with van der Waals surface area (Å²) >= 11 is 1.55. The van der Waals surface area contributed by atoms with Crippen LogP contribution in [0.3, 0.4) is 0 Å². The van der Waals surface area contributed by atoms with E-state index in [1.54, 1.807) is 22.0 Å². The minimum atomic E-state index is -3.42. The number of pyridine rings is 1. The highest BCUT2D eigenvalue weighted by molar-refractivity contribution is 7.90. The Labute approximate surface area is 217 Å². The van der Waals surface area contributed by atoms with Crippen LogP contribution >= 0.6 is 11.3 Å². The number of thiophene rings is 1. The summed E-state index contributed by atoms with van der Waals surface area (Å²) in [6, 6.07) is 11.1. The molecule has 2 N–H and O–H groups in total. The van der Waals surface area contributed by atoms with Crippen LogP contribution in [0.2, 0.25) is 0 Å². The molecule has 0 saturated carbocycles. The SMILES string of the molecule is Cc1nc(S(C)(=O)=O)ccc1-c1csc2c(N3CCOC[C@H]3C)nc(-n3c(N)nc4ccccc43)nc12. The third kappa shape index (κ3) is 4.01. The van der Waals surface area contributed by atoms with Crippen molar-refractivity contribution >= 4 is 54.2 Å². The highest BCUT2D eigenvalue weighted by Gasteiger charge is 2.27. The van der Waals surface area contributed by atoms with Crippen molar-refractivity contribution in [2.45, 2.75) is 24.9 Å². The van der Waals surface area contributed by atoms with Crippen molar-refractivity contribution in [3.63, 3.8) is 0 Å². The summed E-state index contributed by atoms with van der Waals surface area (Å²) in [7, 11) is -3.42. The summed E-state index contributed by atoms with van der Waals surface area (Å²) in [6.07, 6.45) is 1.16. The molecule has 10 nitrogen and oxygen atoms in total. The average Bonchev–Trinajstić information content (AvgIpc) is 3.43. The van der Waals surface area contributed by atoms with Gasteiger partial charge in [-0.15, -0.1) is 11.3 Å². The Bertz CT molecular complexity index is 1780. The molecule has 0 unspecified atom stereocenters. The molecule has 6 rings (SSSR count). The molecule has 1 aromatic carbocycles. The van der Waals surface area contributed by atoms with Crippen LogP contribution in [0.5, 0.6) is 0 Å². The summed E-state index contributed by atoms with van der Waals surface area (Å²) < 4.78 is 32.5. The highest BCUT2D eigenvalue weighted by Crippen LogP contribution is 2.40. The summed E-state index contributed by atoms with van der Waals surface area (Å²) in [5.41, 5.74) is 11.0. The molecule has 0 radical (unpaired) electrons. The van der Waals surface area contributed by atoms with Gasteiger partial charge in [-0.05, 0) is 38.1 Å². The zero-order valence-corrected chi connectivity index (χ0v) is 22.2. The van der Waals surface area contributed by atoms with Gasteiger partial charge in [0.05, 0.1) is 40.5 Å². The van der Waals surface area contributed by atoms with Gasteiger partial charge in [0.2, 0.25) is 11.9 Å². The molecule has 1 aliphatic heterocycles. The van der Waals surface area contributed by atoms with E-state index >= 15 is 0 Å². The Morgan fingerprint density at radius 3 is 2.65 bits per heavy atom. The molecule has 0 aliphatic carbocycles. The molecular weight excluding hydrogens is 510 g/mol. The van der Waals surface area contributed by atoms with E-state index in [1.165, 1.54) is 6.07 Å². The van der Waals surface area contributed by atoms with Gasteiger partial charge in [-0.3, -0.25) is 0 Å². The number of rotatable bonds is 4. The number of nitrogens with two attached hydrogens (primary N) is 1. The number of morpholine rings is 1. The van der Waals surface area contributed by atoms with Crippen LogP contribution in [0.4, 0.5) is 11.8 Å². The van der Waals surface area contributed by atoms with Crippen LogP contribution in [0.25, 0.3) is 38.3 Å². The number of para-hydroxylation sites is 2. The molecule has 0 bridgehead atoms. The Morgan fingerprint density at radius 1 is 1.08 bits per heavy atom. The lowest BCUT2D eigenvalue weighted by molar-refractivity contribution is 0.0987. The zero-order valence-electron chi connectivity index (χ0n) is 20.5. The van der Waals surface area contributed by atoms with Crippen molar-refractivity contribution in [3.8, 4) is 17.1 Å². The first-order valence-corrected chi connectivity index (χ1v) is 14.5. The number of nitrogen functional groups attached to an aromatic ring is 1. The van der Waals surface area contributed by atoms with Crippen molar-refractivity contribution in [1.82, 2.24) is 24.5 Å². The first kappa shape index (κ1) is 23.8. The molecule has 0 amide bonds. The molecule has 1 fully saturated rings. The van der Waals surface area contributed by atoms with E-state index in [4.69, 9.17) is 20.4 Å². The molecule has 4 aromatic heterocycles. The Kier molecular flexibility index (Phi) is 5.62. The van der Waals surface area contributed by atoms with Crippen molar-refractivity contribution in [3.05, 3.63) is 47.5 Å². The number of sulfone groups is 1. The molecule has 1 saturated heterocycles. The third-order valence-corrected chi connectivity index (χ3v) is 8.49. The lowest BCUT2D eigenvalue weighted by Crippen LogP contribution is -2.44. The quantitative estimate of drug-likeness (QED) is 0.367. The van der Waals surface area contributed by atoms with Crippen LogP contribution in [0, 0.1) is 6.92 Å². The second kappa shape index (κ2) is 8.75. The largest absolute Gasteiger partial charge is 0.377 e. The van der Waals surface area contributed by atoms with Gasteiger partial charge in [0.15, 0.2) is 20.7 Å². The van der Waals surface area contributed by atoms with E-state index in [1.807, 2.05) is 36.6 Å². The standard InChI is InChI=1S/C25H25N7O3S2/c1-14-12-35-11-10-31(14)23-22-21(17(13-36-22)16-8-9-20(27-15(16)2)37(3,33)34)29-25(30-23)32-19-7-5-4-6-18(19)28-24(32)26/h4-9,13-14H,10-12H2,1-3H3,(H2,26,28)/t14-/m1/s1. The van der Waals surface area contributed by atoms with Gasteiger partial charge < -0.3 is 15.4 Å². The monoisotopic (exact) mass is 535 g/mol. The molecule has 190 valence electrons. The van der Waals surface area contributed by atoms with Crippen molar-refractivity contribution in [2.24, 2.45) is 0 Å². The van der Waals surface area contributed by atoms with E-state index in [0.29, 0.717) is 37.3 Å². The molecule has 12 heteroatoms. The van der Waals surface area contributed by atoms with Gasteiger partial charge in [0.1, 0.15) is 0 Å². The van der Waals surface area contributed by atoms with Gasteiger partial charge in [0, 0.05) is 35.0 Å². The molecule has 1 aliphatic rings. The minimum Gasteiger partial charge on any atom is -0.377 e. The fourth-order valence-corrected chi connectivity index (χ4v) is 6.33. The molecule has 5 aromatic rings. The first-order valence-electron chi connectivity index (χ1n) is 11.8. The number of nitrogens with zero attached hydrogens (tertiary/aromatic N) is 6. The number of aromatic nitrogens is 5. The van der Waals surface area contributed by atoms with Crippen molar-refractivity contribution in [2.75, 3.05) is 36.6 Å². The van der Waals surface area contributed by atoms with Gasteiger partial charge in [-0.2, -0.15) is 4.98 Å². The maximum Gasteiger partial charge on any atom is 0.239 e. The number of imidazole rings is 1. The second-order valence-corrected chi connectivity index (χ2v) is 12.0. The van der Waals surface area contributed by atoms with E-state index in [-0.39, 0.29) is 11.1 Å². The number of ether oxygens (including phenoxy) is 1. The van der Waals surface area contributed by atoms with Crippen molar-refractivity contribution in [1.29, 1.82) is 0 Å². The summed E-state index contributed by atoms with van der Waals surface area (Å²) in [5, 5.41) is 2.07. The van der Waals surface area contributed by atoms with E-state index in [0.717, 1.165) is 44.5 Å². The predicted octanol–water partition coefficient (Wildman–Crippen LogP) is 3.61. The van der Waals surface area contributed by atoms with Crippen LogP contribution in [-0.2, 0) is 14.6 Å². The van der Waals surface area contributed by atoms with Gasteiger partial charge in [-0.1, -0.05) is 12.1 Å². The number of fused-ring (bicyclic) bond motifs is 2. The molecule has 5 heterocycles. The van der Waals surface area contributed by atoms with Gasteiger partial charge in [-0.25, -0.2) is 27.9 Å². The number of aryl methyl sites for hydroxylation is 1. The van der Waals surface area contributed by atoms with Gasteiger partial charge >= 0.3 is 0 Å².